The monoisotopic (exact) mass is 295 g/mol. The largest absolute Gasteiger partial charge is 0.497 e. The molecule has 0 radical (unpaired) electrons. The molecule has 2 N–H and O–H groups in total. The summed E-state index contributed by atoms with van der Waals surface area (Å²) in [5, 5.41) is 0. The van der Waals surface area contributed by atoms with E-state index in [-0.39, 0.29) is 17.7 Å². The molecule has 2 aromatic carbocycles. The number of carbonyl (C=O) groups excluding carboxylic acids is 1. The molecule has 0 aliphatic heterocycles. The number of ether oxygens (including phenoxy) is 1. The quantitative estimate of drug-likeness (QED) is 0.934. The number of primary amides is 1. The molecule has 0 saturated heterocycles. The van der Waals surface area contributed by atoms with E-state index in [1.807, 2.05) is 12.1 Å². The third-order valence-corrected chi connectivity index (χ3v) is 4.64. The van der Waals surface area contributed by atoms with E-state index in [2.05, 4.69) is 36.4 Å². The maximum atomic E-state index is 11.5. The molecule has 2 unspecified atom stereocenters. The van der Waals surface area contributed by atoms with Crippen LogP contribution in [0.3, 0.4) is 0 Å². The van der Waals surface area contributed by atoms with Crippen LogP contribution in [0.15, 0.2) is 48.5 Å². The van der Waals surface area contributed by atoms with Crippen LogP contribution in [0.2, 0.25) is 0 Å². The van der Waals surface area contributed by atoms with Crippen molar-refractivity contribution in [2.75, 3.05) is 7.11 Å². The lowest BCUT2D eigenvalue weighted by molar-refractivity contribution is -0.122. The highest BCUT2D eigenvalue weighted by molar-refractivity contribution is 5.78. The van der Waals surface area contributed by atoms with E-state index in [1.165, 1.54) is 11.1 Å². The van der Waals surface area contributed by atoms with Crippen LogP contribution in [-0.2, 0) is 4.79 Å². The molecule has 3 heteroatoms. The van der Waals surface area contributed by atoms with Crippen LogP contribution < -0.4 is 10.5 Å². The molecule has 2 aromatic rings. The highest BCUT2D eigenvalue weighted by Gasteiger charge is 2.32. The Hall–Kier alpha value is -2.29. The van der Waals surface area contributed by atoms with E-state index in [0.717, 1.165) is 30.6 Å². The molecular formula is C19H21NO2. The van der Waals surface area contributed by atoms with E-state index in [9.17, 15) is 4.79 Å². The Balaban J connectivity index is 1.81. The molecule has 3 nitrogen and oxygen atoms in total. The van der Waals surface area contributed by atoms with E-state index in [4.69, 9.17) is 10.5 Å². The first-order chi connectivity index (χ1) is 10.7. The van der Waals surface area contributed by atoms with Gasteiger partial charge in [0.25, 0.3) is 0 Å². The Morgan fingerprint density at radius 3 is 2.14 bits per heavy atom. The Bertz CT molecular complexity index is 646. The highest BCUT2D eigenvalue weighted by Crippen LogP contribution is 2.39. The minimum absolute atomic E-state index is 0.00756. The zero-order valence-corrected chi connectivity index (χ0v) is 12.8. The second kappa shape index (κ2) is 6.22. The average Bonchev–Trinajstić information content (AvgIpc) is 3.05. The summed E-state index contributed by atoms with van der Waals surface area (Å²) in [7, 11) is 1.67. The van der Waals surface area contributed by atoms with Crippen molar-refractivity contribution in [1.82, 2.24) is 0 Å². The molecule has 2 atom stereocenters. The number of nitrogens with two attached hydrogens (primary N) is 1. The van der Waals surface area contributed by atoms with Gasteiger partial charge in [-0.15, -0.1) is 0 Å². The van der Waals surface area contributed by atoms with Gasteiger partial charge in [-0.25, -0.2) is 0 Å². The summed E-state index contributed by atoms with van der Waals surface area (Å²) >= 11 is 0. The van der Waals surface area contributed by atoms with Crippen molar-refractivity contribution >= 4 is 5.91 Å². The van der Waals surface area contributed by atoms with Crippen molar-refractivity contribution in [3.63, 3.8) is 0 Å². The van der Waals surface area contributed by atoms with Crippen LogP contribution in [0.4, 0.5) is 0 Å². The number of hydrogen-bond acceptors (Lipinski definition) is 2. The SMILES string of the molecule is COc1ccc(-c2ccc(C3CCCC3C(N)=O)cc2)cc1. The molecule has 114 valence electrons. The van der Waals surface area contributed by atoms with E-state index in [1.54, 1.807) is 7.11 Å². The summed E-state index contributed by atoms with van der Waals surface area (Å²) in [4.78, 5) is 11.5. The molecule has 1 fully saturated rings. The van der Waals surface area contributed by atoms with Crippen molar-refractivity contribution in [3.05, 3.63) is 54.1 Å². The van der Waals surface area contributed by atoms with Crippen molar-refractivity contribution in [1.29, 1.82) is 0 Å². The summed E-state index contributed by atoms with van der Waals surface area (Å²) in [6.07, 6.45) is 3.05. The summed E-state index contributed by atoms with van der Waals surface area (Å²) in [5.74, 6) is 0.964. The van der Waals surface area contributed by atoms with Gasteiger partial charge in [0, 0.05) is 5.92 Å². The molecule has 1 aliphatic rings. The van der Waals surface area contributed by atoms with Crippen LogP contribution in [-0.4, -0.2) is 13.0 Å². The number of amides is 1. The zero-order chi connectivity index (χ0) is 15.5. The number of hydrogen-bond donors (Lipinski definition) is 1. The Kier molecular flexibility index (Phi) is 4.14. The third kappa shape index (κ3) is 2.84. The first-order valence-electron chi connectivity index (χ1n) is 7.73. The molecule has 0 aromatic heterocycles. The molecule has 1 aliphatic carbocycles. The molecule has 0 bridgehead atoms. The van der Waals surface area contributed by atoms with Gasteiger partial charge in [-0.3, -0.25) is 4.79 Å². The third-order valence-electron chi connectivity index (χ3n) is 4.64. The fraction of sp³-hybridized carbons (Fsp3) is 0.316. The molecule has 0 heterocycles. The fourth-order valence-electron chi connectivity index (χ4n) is 3.41. The summed E-state index contributed by atoms with van der Waals surface area (Å²) in [6, 6.07) is 16.5. The summed E-state index contributed by atoms with van der Waals surface area (Å²) < 4.78 is 5.18. The summed E-state index contributed by atoms with van der Waals surface area (Å²) in [5.41, 5.74) is 9.07. The van der Waals surface area contributed by atoms with E-state index >= 15 is 0 Å². The normalized spacial score (nSPS) is 20.8. The Morgan fingerprint density at radius 2 is 1.59 bits per heavy atom. The first kappa shape index (κ1) is 14.6. The number of methoxy groups -OCH3 is 1. The van der Waals surface area contributed by atoms with Gasteiger partial charge in [-0.05, 0) is 47.6 Å². The minimum atomic E-state index is -0.165. The number of carbonyl (C=O) groups is 1. The lowest BCUT2D eigenvalue weighted by Crippen LogP contribution is -2.25. The molecular weight excluding hydrogens is 274 g/mol. The smallest absolute Gasteiger partial charge is 0.221 e. The van der Waals surface area contributed by atoms with Crippen molar-refractivity contribution in [3.8, 4) is 16.9 Å². The van der Waals surface area contributed by atoms with Crippen LogP contribution >= 0.6 is 0 Å². The maximum absolute atomic E-state index is 11.5. The van der Waals surface area contributed by atoms with Crippen LogP contribution in [0.1, 0.15) is 30.7 Å². The zero-order valence-electron chi connectivity index (χ0n) is 12.8. The minimum Gasteiger partial charge on any atom is -0.497 e. The van der Waals surface area contributed by atoms with Crippen molar-refractivity contribution in [2.24, 2.45) is 11.7 Å². The molecule has 3 rings (SSSR count). The standard InChI is InChI=1S/C19H21NO2/c1-22-16-11-9-14(10-12-16)13-5-7-15(8-6-13)17-3-2-4-18(17)19(20)21/h5-12,17-18H,2-4H2,1H3,(H2,20,21). The van der Waals surface area contributed by atoms with E-state index < -0.39 is 0 Å². The number of benzene rings is 2. The average molecular weight is 295 g/mol. The molecule has 0 spiro atoms. The molecule has 1 saturated carbocycles. The lowest BCUT2D eigenvalue weighted by atomic mass is 9.87. The number of rotatable bonds is 4. The van der Waals surface area contributed by atoms with Crippen LogP contribution in [0.5, 0.6) is 5.75 Å². The van der Waals surface area contributed by atoms with Crippen molar-refractivity contribution < 1.29 is 9.53 Å². The second-order valence-electron chi connectivity index (χ2n) is 5.90. The van der Waals surface area contributed by atoms with Crippen LogP contribution in [0, 0.1) is 5.92 Å². The molecule has 1 amide bonds. The highest BCUT2D eigenvalue weighted by atomic mass is 16.5. The lowest BCUT2D eigenvalue weighted by Gasteiger charge is -2.17. The predicted molar refractivity (Wildman–Crippen MR) is 87.7 cm³/mol. The second-order valence-corrected chi connectivity index (χ2v) is 5.90. The van der Waals surface area contributed by atoms with Gasteiger partial charge >= 0.3 is 0 Å². The Morgan fingerprint density at radius 1 is 1.00 bits per heavy atom. The van der Waals surface area contributed by atoms with Gasteiger partial charge in [0.2, 0.25) is 5.91 Å². The topological polar surface area (TPSA) is 52.3 Å². The van der Waals surface area contributed by atoms with Crippen LogP contribution in [0.25, 0.3) is 11.1 Å². The first-order valence-corrected chi connectivity index (χ1v) is 7.73. The summed E-state index contributed by atoms with van der Waals surface area (Å²) in [6.45, 7) is 0. The maximum Gasteiger partial charge on any atom is 0.221 e. The molecule has 22 heavy (non-hydrogen) atoms. The van der Waals surface area contributed by atoms with Gasteiger partial charge in [-0.2, -0.15) is 0 Å². The Labute approximate surface area is 131 Å². The fourth-order valence-corrected chi connectivity index (χ4v) is 3.41. The van der Waals surface area contributed by atoms with Gasteiger partial charge in [0.15, 0.2) is 0 Å². The van der Waals surface area contributed by atoms with Gasteiger partial charge in [-0.1, -0.05) is 42.8 Å². The van der Waals surface area contributed by atoms with Crippen molar-refractivity contribution in [2.45, 2.75) is 25.2 Å². The van der Waals surface area contributed by atoms with Gasteiger partial charge < -0.3 is 10.5 Å². The predicted octanol–water partition coefficient (Wildman–Crippen LogP) is 3.73. The van der Waals surface area contributed by atoms with E-state index in [0.29, 0.717) is 0 Å². The van der Waals surface area contributed by atoms with Gasteiger partial charge in [0.1, 0.15) is 5.75 Å². The van der Waals surface area contributed by atoms with Gasteiger partial charge in [0.05, 0.1) is 7.11 Å².